The van der Waals surface area contributed by atoms with Gasteiger partial charge in [0.1, 0.15) is 12.5 Å². The Hall–Kier alpha value is -0.750. The fourth-order valence-electron chi connectivity index (χ4n) is 4.29. The summed E-state index contributed by atoms with van der Waals surface area (Å²) < 4.78 is 23.0. The summed E-state index contributed by atoms with van der Waals surface area (Å²) in [6.07, 6.45) is 10.5. The van der Waals surface area contributed by atoms with Crippen molar-refractivity contribution in [3.8, 4) is 0 Å². The van der Waals surface area contributed by atoms with Crippen LogP contribution in [0.2, 0.25) is 0 Å². The third kappa shape index (κ3) is 8.60. The van der Waals surface area contributed by atoms with Gasteiger partial charge in [-0.2, -0.15) is 0 Å². The van der Waals surface area contributed by atoms with E-state index in [0.717, 1.165) is 36.8 Å². The molecule has 2 rings (SSSR count). The summed E-state index contributed by atoms with van der Waals surface area (Å²) in [6.45, 7) is 5.28. The molecule has 1 aliphatic rings. The first-order valence-corrected chi connectivity index (χ1v) is 13.8. The molecule has 0 saturated carbocycles. The number of benzene rings is 1. The normalized spacial score (nSPS) is 19.1. The van der Waals surface area contributed by atoms with E-state index in [1.165, 1.54) is 38.5 Å². The lowest BCUT2D eigenvalue weighted by atomic mass is 10.1. The molecule has 6 nitrogen and oxygen atoms in total. The second kappa shape index (κ2) is 14.4. The van der Waals surface area contributed by atoms with Crippen LogP contribution < -0.4 is 0 Å². The van der Waals surface area contributed by atoms with E-state index in [1.807, 2.05) is 38.1 Å². The van der Waals surface area contributed by atoms with Crippen molar-refractivity contribution in [2.75, 3.05) is 25.9 Å². The molecule has 0 fully saturated rings. The molecule has 0 spiro atoms. The average molecular weight is 456 g/mol. The van der Waals surface area contributed by atoms with Crippen LogP contribution in [0.1, 0.15) is 102 Å². The predicted molar refractivity (Wildman–Crippen MR) is 125 cm³/mol. The van der Waals surface area contributed by atoms with E-state index >= 15 is 0 Å². The fraction of sp³-hybridized carbons (Fsp3) is 0.750. The minimum atomic E-state index is -2.86. The van der Waals surface area contributed by atoms with Crippen LogP contribution in [0.3, 0.4) is 0 Å². The summed E-state index contributed by atoms with van der Waals surface area (Å²) in [7, 11) is -2.86. The van der Waals surface area contributed by atoms with Crippen LogP contribution >= 0.6 is 7.60 Å². The molecule has 31 heavy (non-hydrogen) atoms. The van der Waals surface area contributed by atoms with E-state index in [4.69, 9.17) is 9.05 Å². The van der Waals surface area contributed by atoms with Gasteiger partial charge in [-0.05, 0) is 26.7 Å². The molecule has 2 unspecified atom stereocenters. The standard InChI is InChI=1S/C24H42NO5P/c1-3-29-31(28,30-4-2)20-16-12-10-8-6-5-7-9-11-15-19-25-23(26)21-17-13-14-18-22(21)24(25)27/h13-14,17-18,23-24,26-27H,3-12,15-16,19-20H2,1-2H3. The number of rotatable bonds is 17. The summed E-state index contributed by atoms with van der Waals surface area (Å²) in [6, 6.07) is 7.58. The topological polar surface area (TPSA) is 79.2 Å². The molecule has 0 saturated heterocycles. The van der Waals surface area contributed by atoms with E-state index in [0.29, 0.717) is 25.9 Å². The van der Waals surface area contributed by atoms with Gasteiger partial charge in [0, 0.05) is 17.7 Å². The van der Waals surface area contributed by atoms with Crippen molar-refractivity contribution in [3.63, 3.8) is 0 Å². The highest BCUT2D eigenvalue weighted by Gasteiger charge is 2.35. The largest absolute Gasteiger partial charge is 0.374 e. The summed E-state index contributed by atoms with van der Waals surface area (Å²) >= 11 is 0. The van der Waals surface area contributed by atoms with Gasteiger partial charge in [-0.3, -0.25) is 4.57 Å². The second-order valence-corrected chi connectivity index (χ2v) is 10.5. The second-order valence-electron chi connectivity index (χ2n) is 8.32. The molecule has 0 aromatic heterocycles. The number of hydrogen-bond acceptors (Lipinski definition) is 6. The number of nitrogens with zero attached hydrogens (tertiary/aromatic N) is 1. The number of aliphatic hydroxyl groups excluding tert-OH is 2. The molecule has 0 radical (unpaired) electrons. The quantitative estimate of drug-likeness (QED) is 0.217. The zero-order valence-corrected chi connectivity index (χ0v) is 20.3. The van der Waals surface area contributed by atoms with E-state index in [1.54, 1.807) is 4.90 Å². The molecular formula is C24H42NO5P. The molecular weight excluding hydrogens is 413 g/mol. The molecule has 178 valence electrons. The Bertz CT molecular complexity index is 632. The van der Waals surface area contributed by atoms with Crippen LogP contribution in [-0.4, -0.2) is 41.0 Å². The van der Waals surface area contributed by atoms with Crippen molar-refractivity contribution in [2.24, 2.45) is 0 Å². The predicted octanol–water partition coefficient (Wildman–Crippen LogP) is 6.15. The molecule has 1 aromatic rings. The fourth-order valence-corrected chi connectivity index (χ4v) is 6.02. The Morgan fingerprint density at radius 1 is 0.774 bits per heavy atom. The van der Waals surface area contributed by atoms with Crippen LogP contribution in [0.15, 0.2) is 24.3 Å². The Balaban J connectivity index is 1.44. The van der Waals surface area contributed by atoms with Gasteiger partial charge in [-0.15, -0.1) is 0 Å². The lowest BCUT2D eigenvalue weighted by Crippen LogP contribution is -2.27. The minimum Gasteiger partial charge on any atom is -0.374 e. The summed E-state index contributed by atoms with van der Waals surface area (Å²) in [5.41, 5.74) is 1.65. The number of fused-ring (bicyclic) bond motifs is 1. The first-order chi connectivity index (χ1) is 15.0. The molecule has 0 bridgehead atoms. The van der Waals surface area contributed by atoms with E-state index < -0.39 is 20.1 Å². The highest BCUT2D eigenvalue weighted by molar-refractivity contribution is 7.53. The van der Waals surface area contributed by atoms with Crippen molar-refractivity contribution < 1.29 is 23.8 Å². The molecule has 2 atom stereocenters. The van der Waals surface area contributed by atoms with Gasteiger partial charge in [0.25, 0.3) is 0 Å². The van der Waals surface area contributed by atoms with Crippen molar-refractivity contribution in [1.29, 1.82) is 0 Å². The van der Waals surface area contributed by atoms with Gasteiger partial charge in [0.05, 0.1) is 19.4 Å². The zero-order chi connectivity index (χ0) is 22.5. The molecule has 2 N–H and O–H groups in total. The summed E-state index contributed by atoms with van der Waals surface area (Å²) in [5.74, 6) is 0. The van der Waals surface area contributed by atoms with Crippen LogP contribution in [-0.2, 0) is 13.6 Å². The van der Waals surface area contributed by atoms with Gasteiger partial charge in [-0.1, -0.05) is 75.6 Å². The SMILES string of the molecule is CCOP(=O)(CCCCCCCCCCCCN1C(O)c2ccccc2C1O)OCC. The lowest BCUT2D eigenvalue weighted by molar-refractivity contribution is -0.0848. The average Bonchev–Trinajstić information content (AvgIpc) is 3.00. The third-order valence-corrected chi connectivity index (χ3v) is 8.10. The Kier molecular flexibility index (Phi) is 12.3. The van der Waals surface area contributed by atoms with Crippen molar-refractivity contribution in [1.82, 2.24) is 4.90 Å². The van der Waals surface area contributed by atoms with Gasteiger partial charge in [0.15, 0.2) is 0 Å². The smallest absolute Gasteiger partial charge is 0.330 e. The van der Waals surface area contributed by atoms with Crippen LogP contribution in [0.5, 0.6) is 0 Å². The Morgan fingerprint density at radius 2 is 1.19 bits per heavy atom. The van der Waals surface area contributed by atoms with Gasteiger partial charge >= 0.3 is 7.60 Å². The number of unbranched alkanes of at least 4 members (excludes halogenated alkanes) is 9. The van der Waals surface area contributed by atoms with E-state index in [-0.39, 0.29) is 0 Å². The molecule has 1 aliphatic heterocycles. The third-order valence-electron chi connectivity index (χ3n) is 5.93. The van der Waals surface area contributed by atoms with Crippen LogP contribution in [0, 0.1) is 0 Å². The minimum absolute atomic E-state index is 0.435. The first-order valence-electron chi connectivity index (χ1n) is 12.1. The zero-order valence-electron chi connectivity index (χ0n) is 19.4. The maximum Gasteiger partial charge on any atom is 0.330 e. The highest BCUT2D eigenvalue weighted by atomic mass is 31.2. The van der Waals surface area contributed by atoms with Gasteiger partial charge in [-0.25, -0.2) is 4.90 Å². The van der Waals surface area contributed by atoms with Gasteiger partial charge in [0.2, 0.25) is 0 Å². The van der Waals surface area contributed by atoms with Gasteiger partial charge < -0.3 is 19.3 Å². The van der Waals surface area contributed by atoms with Crippen LogP contribution in [0.4, 0.5) is 0 Å². The molecule has 0 amide bonds. The maximum atomic E-state index is 12.4. The lowest BCUT2D eigenvalue weighted by Gasteiger charge is -2.24. The Labute approximate surface area is 188 Å². The monoisotopic (exact) mass is 455 g/mol. The molecule has 1 aromatic carbocycles. The van der Waals surface area contributed by atoms with Crippen LogP contribution in [0.25, 0.3) is 0 Å². The van der Waals surface area contributed by atoms with Crippen molar-refractivity contribution >= 4 is 7.60 Å². The summed E-state index contributed by atoms with van der Waals surface area (Å²) in [5, 5.41) is 20.8. The van der Waals surface area contributed by atoms with Crippen molar-refractivity contribution in [3.05, 3.63) is 35.4 Å². The molecule has 7 heteroatoms. The highest BCUT2D eigenvalue weighted by Crippen LogP contribution is 2.48. The Morgan fingerprint density at radius 3 is 1.65 bits per heavy atom. The van der Waals surface area contributed by atoms with Crippen molar-refractivity contribution in [2.45, 2.75) is 90.5 Å². The molecule has 1 heterocycles. The molecule has 0 aliphatic carbocycles. The first kappa shape index (κ1) is 26.5. The maximum absolute atomic E-state index is 12.4. The number of aliphatic hydroxyl groups is 2. The summed E-state index contributed by atoms with van der Waals surface area (Å²) in [4.78, 5) is 1.78. The van der Waals surface area contributed by atoms with E-state index in [2.05, 4.69) is 0 Å². The number of hydrogen-bond donors (Lipinski definition) is 2. The van der Waals surface area contributed by atoms with E-state index in [9.17, 15) is 14.8 Å².